The number of aromatic carboxylic acids is 1. The van der Waals surface area contributed by atoms with E-state index < -0.39 is 11.8 Å². The second-order valence-electron chi connectivity index (χ2n) is 10.4. The summed E-state index contributed by atoms with van der Waals surface area (Å²) in [6.07, 6.45) is 2.32. The van der Waals surface area contributed by atoms with E-state index in [0.29, 0.717) is 13.2 Å². The van der Waals surface area contributed by atoms with Crippen LogP contribution in [0.15, 0.2) is 54.6 Å². The fourth-order valence-electron chi connectivity index (χ4n) is 5.29. The van der Waals surface area contributed by atoms with Crippen LogP contribution in [0, 0.1) is 0 Å². The highest BCUT2D eigenvalue weighted by molar-refractivity contribution is 5.94. The zero-order valence-corrected chi connectivity index (χ0v) is 19.2. The average Bonchev–Trinajstić information content (AvgIpc) is 3.27. The maximum absolute atomic E-state index is 11.3. The summed E-state index contributed by atoms with van der Waals surface area (Å²) in [5.41, 5.74) is 5.25. The number of rotatable bonds is 3. The quantitative estimate of drug-likeness (QED) is 0.482. The van der Waals surface area contributed by atoms with E-state index in [9.17, 15) is 9.90 Å². The maximum Gasteiger partial charge on any atom is 0.335 e. The SMILES string of the molecule is C.CC1(C)CCC(C)(C)c2cc(C3(c4ccc5cc(C(=O)O)ccc5c4)OCCO3)ccc21. The highest BCUT2D eigenvalue weighted by atomic mass is 16.7. The molecule has 174 valence electrons. The molecule has 2 aliphatic rings. The minimum absolute atomic E-state index is 0. The first-order valence-corrected chi connectivity index (χ1v) is 11.3. The number of carbonyl (C=O) groups is 1. The zero-order valence-electron chi connectivity index (χ0n) is 19.2. The molecule has 0 aromatic heterocycles. The molecule has 5 rings (SSSR count). The molecule has 0 radical (unpaired) electrons. The summed E-state index contributed by atoms with van der Waals surface area (Å²) in [5, 5.41) is 11.1. The van der Waals surface area contributed by atoms with E-state index in [2.05, 4.69) is 52.0 Å². The van der Waals surface area contributed by atoms with Crippen molar-refractivity contribution in [2.24, 2.45) is 0 Å². The maximum atomic E-state index is 11.3. The normalized spacial score (nSPS) is 20.1. The molecule has 3 aromatic rings. The van der Waals surface area contributed by atoms with Crippen LogP contribution in [0.5, 0.6) is 0 Å². The summed E-state index contributed by atoms with van der Waals surface area (Å²) >= 11 is 0. The molecule has 1 aliphatic heterocycles. The van der Waals surface area contributed by atoms with E-state index in [-0.39, 0.29) is 23.8 Å². The molecular formula is C29H34O4. The fraction of sp³-hybridized carbons (Fsp3) is 0.414. The van der Waals surface area contributed by atoms with Gasteiger partial charge in [-0.25, -0.2) is 4.79 Å². The molecule has 0 spiro atoms. The molecule has 3 aromatic carbocycles. The van der Waals surface area contributed by atoms with E-state index in [1.165, 1.54) is 17.5 Å². The van der Waals surface area contributed by atoms with Crippen LogP contribution in [0.25, 0.3) is 10.8 Å². The Hall–Kier alpha value is -2.69. The van der Waals surface area contributed by atoms with Gasteiger partial charge in [-0.15, -0.1) is 0 Å². The second-order valence-corrected chi connectivity index (χ2v) is 10.4. The summed E-state index contributed by atoms with van der Waals surface area (Å²) in [4.78, 5) is 11.3. The molecule has 33 heavy (non-hydrogen) atoms. The van der Waals surface area contributed by atoms with E-state index in [1.54, 1.807) is 12.1 Å². The van der Waals surface area contributed by atoms with Crippen molar-refractivity contribution in [2.45, 2.75) is 64.6 Å². The molecule has 0 bridgehead atoms. The van der Waals surface area contributed by atoms with Crippen LogP contribution in [0.4, 0.5) is 0 Å². The highest BCUT2D eigenvalue weighted by Crippen LogP contribution is 2.48. The number of benzene rings is 3. The topological polar surface area (TPSA) is 55.8 Å². The van der Waals surface area contributed by atoms with Gasteiger partial charge in [-0.2, -0.15) is 0 Å². The molecule has 1 N–H and O–H groups in total. The Morgan fingerprint density at radius 1 is 0.758 bits per heavy atom. The van der Waals surface area contributed by atoms with Crippen LogP contribution in [0.3, 0.4) is 0 Å². The van der Waals surface area contributed by atoms with Crippen molar-refractivity contribution in [3.8, 4) is 0 Å². The third-order valence-corrected chi connectivity index (χ3v) is 7.39. The lowest BCUT2D eigenvalue weighted by Crippen LogP contribution is -2.35. The third kappa shape index (κ3) is 3.75. The molecule has 0 unspecified atom stereocenters. The van der Waals surface area contributed by atoms with Gasteiger partial charge in [0.15, 0.2) is 0 Å². The van der Waals surface area contributed by atoms with Gasteiger partial charge >= 0.3 is 5.97 Å². The van der Waals surface area contributed by atoms with Crippen LogP contribution in [-0.2, 0) is 26.1 Å². The second kappa shape index (κ2) is 7.96. The van der Waals surface area contributed by atoms with E-state index in [0.717, 1.165) is 28.3 Å². The number of hydrogen-bond acceptors (Lipinski definition) is 3. The van der Waals surface area contributed by atoms with Crippen molar-refractivity contribution in [3.63, 3.8) is 0 Å². The molecule has 0 saturated carbocycles. The molecule has 0 amide bonds. The summed E-state index contributed by atoms with van der Waals surface area (Å²) in [7, 11) is 0. The van der Waals surface area contributed by atoms with Gasteiger partial charge in [-0.05, 0) is 69.8 Å². The van der Waals surface area contributed by atoms with Crippen LogP contribution in [0.2, 0.25) is 0 Å². The predicted molar refractivity (Wildman–Crippen MR) is 132 cm³/mol. The summed E-state index contributed by atoms with van der Waals surface area (Å²) in [5.74, 6) is -1.87. The van der Waals surface area contributed by atoms with Gasteiger partial charge < -0.3 is 14.6 Å². The lowest BCUT2D eigenvalue weighted by atomic mass is 9.62. The van der Waals surface area contributed by atoms with Crippen LogP contribution < -0.4 is 0 Å². The average molecular weight is 447 g/mol. The number of fused-ring (bicyclic) bond motifs is 2. The largest absolute Gasteiger partial charge is 0.478 e. The Bertz CT molecular complexity index is 1220. The van der Waals surface area contributed by atoms with Gasteiger partial charge in [0.1, 0.15) is 0 Å². The van der Waals surface area contributed by atoms with Gasteiger partial charge in [0.05, 0.1) is 18.8 Å². The lowest BCUT2D eigenvalue weighted by molar-refractivity contribution is -0.129. The van der Waals surface area contributed by atoms with Gasteiger partial charge in [0.25, 0.3) is 0 Å². The molecule has 4 nitrogen and oxygen atoms in total. The molecule has 1 aliphatic carbocycles. The standard InChI is InChI=1S/C28H30O4.CH4/c1-26(2)11-12-27(3,4)24-17-22(9-10-23(24)26)28(31-13-14-32-28)21-8-7-18-15-20(25(29)30)6-5-19(18)16-21;/h5-10,15-17H,11-14H2,1-4H3,(H,29,30);1H4. The van der Waals surface area contributed by atoms with Gasteiger partial charge in [0.2, 0.25) is 5.79 Å². The number of carboxylic acids is 1. The predicted octanol–water partition coefficient (Wildman–Crippen LogP) is 6.77. The van der Waals surface area contributed by atoms with Crippen molar-refractivity contribution in [1.29, 1.82) is 0 Å². The van der Waals surface area contributed by atoms with Gasteiger partial charge in [-0.3, -0.25) is 0 Å². The van der Waals surface area contributed by atoms with E-state index >= 15 is 0 Å². The first-order valence-electron chi connectivity index (χ1n) is 11.3. The Kier molecular flexibility index (Phi) is 5.66. The number of ether oxygens (including phenoxy) is 2. The van der Waals surface area contributed by atoms with Gasteiger partial charge in [0, 0.05) is 11.1 Å². The Morgan fingerprint density at radius 3 is 1.97 bits per heavy atom. The Morgan fingerprint density at radius 2 is 1.30 bits per heavy atom. The van der Waals surface area contributed by atoms with E-state index in [1.807, 2.05) is 18.2 Å². The minimum Gasteiger partial charge on any atom is -0.478 e. The molecule has 1 fully saturated rings. The van der Waals surface area contributed by atoms with Crippen LogP contribution >= 0.6 is 0 Å². The van der Waals surface area contributed by atoms with Crippen LogP contribution in [0.1, 0.15) is 80.6 Å². The summed E-state index contributed by atoms with van der Waals surface area (Å²) in [6, 6.07) is 17.9. The van der Waals surface area contributed by atoms with Crippen molar-refractivity contribution < 1.29 is 19.4 Å². The smallest absolute Gasteiger partial charge is 0.335 e. The number of carboxylic acid groups (broad SMARTS) is 1. The van der Waals surface area contributed by atoms with Crippen molar-refractivity contribution in [1.82, 2.24) is 0 Å². The fourth-order valence-corrected chi connectivity index (χ4v) is 5.29. The molecule has 1 saturated heterocycles. The minimum atomic E-state index is -0.952. The summed E-state index contributed by atoms with van der Waals surface area (Å²) < 4.78 is 12.6. The van der Waals surface area contributed by atoms with Crippen molar-refractivity contribution in [3.05, 3.63) is 82.4 Å². The first-order chi connectivity index (χ1) is 15.1. The molecular weight excluding hydrogens is 412 g/mol. The Labute approximate surface area is 196 Å². The lowest BCUT2D eigenvalue weighted by Gasteiger charge is -2.42. The molecule has 1 heterocycles. The zero-order chi connectivity index (χ0) is 22.7. The Balaban J connectivity index is 0.00000259. The third-order valence-electron chi connectivity index (χ3n) is 7.39. The monoisotopic (exact) mass is 446 g/mol. The number of hydrogen-bond donors (Lipinski definition) is 1. The van der Waals surface area contributed by atoms with Crippen LogP contribution in [-0.4, -0.2) is 24.3 Å². The van der Waals surface area contributed by atoms with E-state index in [4.69, 9.17) is 9.47 Å². The highest BCUT2D eigenvalue weighted by Gasteiger charge is 2.43. The first kappa shape index (κ1) is 23.5. The summed E-state index contributed by atoms with van der Waals surface area (Å²) in [6.45, 7) is 10.4. The molecule has 4 heteroatoms. The van der Waals surface area contributed by atoms with Gasteiger partial charge in [-0.1, -0.05) is 65.5 Å². The van der Waals surface area contributed by atoms with Crippen molar-refractivity contribution in [2.75, 3.05) is 13.2 Å². The van der Waals surface area contributed by atoms with Crippen molar-refractivity contribution >= 4 is 16.7 Å². The molecule has 0 atom stereocenters.